The van der Waals surface area contributed by atoms with Crippen LogP contribution >= 0.6 is 11.3 Å². The summed E-state index contributed by atoms with van der Waals surface area (Å²) in [6.07, 6.45) is 5.74. The van der Waals surface area contributed by atoms with Gasteiger partial charge in [0.05, 0.1) is 36.0 Å². The Balaban J connectivity index is 1.53. The zero-order chi connectivity index (χ0) is 24.5. The standard InChI is InChI=1S/C24H31N3O5S2/c1-26-14-13-19-20(15-26)33-23(21(19)24(29)32-3)25-22(28)16-9-11-18(12-10-16)34(30,31)27(2)17-7-5-4-6-8-17/h9-12,17H,4-8,13-15H2,1-3H3,(H,25,28)/p+1. The van der Waals surface area contributed by atoms with E-state index in [1.54, 1.807) is 7.05 Å². The van der Waals surface area contributed by atoms with Crippen molar-refractivity contribution < 1.29 is 27.6 Å². The molecule has 1 aromatic carbocycles. The molecule has 1 unspecified atom stereocenters. The normalized spacial score (nSPS) is 19.0. The fourth-order valence-corrected chi connectivity index (χ4v) is 7.55. The fourth-order valence-electron chi connectivity index (χ4n) is 4.79. The minimum Gasteiger partial charge on any atom is -0.465 e. The Labute approximate surface area is 204 Å². The van der Waals surface area contributed by atoms with Gasteiger partial charge >= 0.3 is 5.97 Å². The number of hydrogen-bond donors (Lipinski definition) is 2. The summed E-state index contributed by atoms with van der Waals surface area (Å²) in [6, 6.07) is 6.00. The third kappa shape index (κ3) is 4.91. The van der Waals surface area contributed by atoms with Crippen molar-refractivity contribution in [3.8, 4) is 0 Å². The number of quaternary nitrogens is 1. The number of anilines is 1. The average molecular weight is 507 g/mol. The van der Waals surface area contributed by atoms with E-state index >= 15 is 0 Å². The Kier molecular flexibility index (Phi) is 7.42. The second-order valence-corrected chi connectivity index (χ2v) is 12.2. The number of methoxy groups -OCH3 is 1. The van der Waals surface area contributed by atoms with Gasteiger partial charge in [0.1, 0.15) is 11.5 Å². The highest BCUT2D eigenvalue weighted by Gasteiger charge is 2.31. The van der Waals surface area contributed by atoms with Gasteiger partial charge in [-0.2, -0.15) is 4.31 Å². The van der Waals surface area contributed by atoms with Crippen LogP contribution in [0, 0.1) is 0 Å². The highest BCUT2D eigenvalue weighted by Crippen LogP contribution is 2.35. The van der Waals surface area contributed by atoms with Crippen molar-refractivity contribution in [3.63, 3.8) is 0 Å². The second-order valence-electron chi connectivity index (χ2n) is 9.12. The maximum atomic E-state index is 13.1. The Bertz CT molecular complexity index is 1170. The van der Waals surface area contributed by atoms with Crippen molar-refractivity contribution >= 4 is 38.2 Å². The quantitative estimate of drug-likeness (QED) is 0.586. The number of fused-ring (bicyclic) bond motifs is 1. The highest BCUT2D eigenvalue weighted by molar-refractivity contribution is 7.89. The minimum atomic E-state index is -3.63. The number of nitrogens with one attached hydrogen (secondary N) is 2. The van der Waals surface area contributed by atoms with Gasteiger partial charge in [0, 0.05) is 25.1 Å². The van der Waals surface area contributed by atoms with Crippen molar-refractivity contribution in [1.82, 2.24) is 4.31 Å². The molecule has 0 spiro atoms. The predicted molar refractivity (Wildman–Crippen MR) is 131 cm³/mol. The number of carbonyl (C=O) groups excluding carboxylic acids is 2. The Morgan fingerprint density at radius 2 is 1.82 bits per heavy atom. The van der Waals surface area contributed by atoms with Crippen LogP contribution in [0.15, 0.2) is 29.2 Å². The van der Waals surface area contributed by atoms with Gasteiger partial charge in [-0.05, 0) is 42.7 Å². The van der Waals surface area contributed by atoms with Gasteiger partial charge in [-0.15, -0.1) is 11.3 Å². The number of hydrogen-bond acceptors (Lipinski definition) is 6. The molecule has 184 valence electrons. The van der Waals surface area contributed by atoms with Crippen molar-refractivity contribution in [2.75, 3.05) is 33.1 Å². The molecule has 4 rings (SSSR count). The molecule has 8 nitrogen and oxygen atoms in total. The van der Waals surface area contributed by atoms with E-state index in [-0.39, 0.29) is 10.9 Å². The summed E-state index contributed by atoms with van der Waals surface area (Å²) in [4.78, 5) is 28.0. The molecular formula is C24H32N3O5S2+. The first-order chi connectivity index (χ1) is 16.2. The Morgan fingerprint density at radius 1 is 1.15 bits per heavy atom. The van der Waals surface area contributed by atoms with Crippen LogP contribution < -0.4 is 10.2 Å². The molecule has 1 fully saturated rings. The lowest BCUT2D eigenvalue weighted by Gasteiger charge is -2.30. The number of nitrogens with zero attached hydrogens (tertiary/aromatic N) is 1. The first-order valence-corrected chi connectivity index (χ1v) is 13.9. The van der Waals surface area contributed by atoms with E-state index in [0.717, 1.165) is 62.1 Å². The second kappa shape index (κ2) is 10.2. The molecule has 34 heavy (non-hydrogen) atoms. The van der Waals surface area contributed by atoms with Gasteiger partial charge in [-0.25, -0.2) is 13.2 Å². The van der Waals surface area contributed by atoms with Crippen LogP contribution in [0.1, 0.15) is 63.3 Å². The number of rotatable bonds is 6. The maximum absolute atomic E-state index is 13.1. The number of sulfonamides is 1. The van der Waals surface area contributed by atoms with Gasteiger partial charge in [-0.3, -0.25) is 4.79 Å². The summed E-state index contributed by atoms with van der Waals surface area (Å²) in [5.41, 5.74) is 1.70. The molecule has 1 aromatic heterocycles. The van der Waals surface area contributed by atoms with Gasteiger partial charge in [-0.1, -0.05) is 19.3 Å². The Morgan fingerprint density at radius 3 is 2.47 bits per heavy atom. The van der Waals surface area contributed by atoms with Crippen LogP contribution in [0.25, 0.3) is 0 Å². The minimum absolute atomic E-state index is 0.0178. The van der Waals surface area contributed by atoms with Crippen molar-refractivity contribution in [1.29, 1.82) is 0 Å². The van der Waals surface area contributed by atoms with Crippen LogP contribution in [0.5, 0.6) is 0 Å². The zero-order valence-corrected chi connectivity index (χ0v) is 21.5. The van der Waals surface area contributed by atoms with Crippen LogP contribution in [-0.2, 0) is 27.7 Å². The lowest BCUT2D eigenvalue weighted by Crippen LogP contribution is -3.08. The van der Waals surface area contributed by atoms with E-state index < -0.39 is 21.9 Å². The molecule has 2 heterocycles. The predicted octanol–water partition coefficient (Wildman–Crippen LogP) is 2.31. The SMILES string of the molecule is COC(=O)c1c(NC(=O)c2ccc(S(=O)(=O)N(C)C3CCCCC3)cc2)sc2c1CC[NH+](C)C2. The maximum Gasteiger partial charge on any atom is 0.341 e. The lowest BCUT2D eigenvalue weighted by molar-refractivity contribution is -0.895. The molecular weight excluding hydrogens is 474 g/mol. The Hall–Kier alpha value is -2.27. The lowest BCUT2D eigenvalue weighted by atomic mass is 9.96. The van der Waals surface area contributed by atoms with Crippen molar-refractivity contribution in [2.45, 2.75) is 56.0 Å². The highest BCUT2D eigenvalue weighted by atomic mass is 32.2. The zero-order valence-electron chi connectivity index (χ0n) is 19.8. The van der Waals surface area contributed by atoms with Gasteiger partial charge < -0.3 is 15.0 Å². The third-order valence-corrected chi connectivity index (χ3v) is 9.93. The third-order valence-electron chi connectivity index (χ3n) is 6.85. The monoisotopic (exact) mass is 506 g/mol. The van der Waals surface area contributed by atoms with Gasteiger partial charge in [0.15, 0.2) is 0 Å². The number of amides is 1. The molecule has 1 aliphatic carbocycles. The van der Waals surface area contributed by atoms with Crippen molar-refractivity contribution in [3.05, 3.63) is 45.8 Å². The smallest absolute Gasteiger partial charge is 0.341 e. The van der Waals surface area contributed by atoms with Gasteiger partial charge in [0.25, 0.3) is 5.91 Å². The molecule has 2 N–H and O–H groups in total. The molecule has 1 amide bonds. The summed E-state index contributed by atoms with van der Waals surface area (Å²) in [6.45, 7) is 1.70. The summed E-state index contributed by atoms with van der Waals surface area (Å²) in [7, 11) is 1.44. The number of carbonyl (C=O) groups is 2. The number of esters is 1. The molecule has 2 aromatic rings. The van der Waals surface area contributed by atoms with Gasteiger partial charge in [0.2, 0.25) is 10.0 Å². The molecule has 1 atom stereocenters. The average Bonchev–Trinajstić information content (AvgIpc) is 3.20. The number of ether oxygens (including phenoxy) is 1. The van der Waals surface area contributed by atoms with E-state index in [0.29, 0.717) is 16.1 Å². The molecule has 10 heteroatoms. The number of likely N-dealkylation sites (N-methyl/N-ethyl adjacent to an activating group) is 1. The van der Waals surface area contributed by atoms with E-state index in [2.05, 4.69) is 12.4 Å². The van der Waals surface area contributed by atoms with E-state index in [9.17, 15) is 18.0 Å². The summed E-state index contributed by atoms with van der Waals surface area (Å²) < 4.78 is 32.6. The van der Waals surface area contributed by atoms with Crippen LogP contribution in [0.2, 0.25) is 0 Å². The fraction of sp³-hybridized carbons (Fsp3) is 0.500. The number of thiophene rings is 1. The summed E-state index contributed by atoms with van der Waals surface area (Å²) in [5, 5.41) is 3.33. The van der Waals surface area contributed by atoms with E-state index in [4.69, 9.17) is 4.74 Å². The first-order valence-electron chi connectivity index (χ1n) is 11.7. The van der Waals surface area contributed by atoms with Crippen LogP contribution in [-0.4, -0.2) is 58.4 Å². The number of benzene rings is 1. The molecule has 0 saturated heterocycles. The molecule has 0 radical (unpaired) electrons. The molecule has 1 saturated carbocycles. The van der Waals surface area contributed by atoms with Crippen LogP contribution in [0.3, 0.4) is 0 Å². The molecule has 1 aliphatic heterocycles. The summed E-state index contributed by atoms with van der Waals surface area (Å²) >= 11 is 1.40. The summed E-state index contributed by atoms with van der Waals surface area (Å²) in [5.74, 6) is -0.853. The van der Waals surface area contributed by atoms with E-state index in [1.807, 2.05) is 0 Å². The molecule has 2 aliphatic rings. The topological polar surface area (TPSA) is 97.2 Å². The van der Waals surface area contributed by atoms with Crippen molar-refractivity contribution in [2.24, 2.45) is 0 Å². The van der Waals surface area contributed by atoms with Crippen LogP contribution in [0.4, 0.5) is 5.00 Å². The van der Waals surface area contributed by atoms with E-state index in [1.165, 1.54) is 51.9 Å². The molecule has 0 bridgehead atoms. The first kappa shape index (κ1) is 24.8. The largest absolute Gasteiger partial charge is 0.465 e.